The Hall–Kier alpha value is -3.00. The maximum atomic E-state index is 12.7. The molecule has 0 saturated carbocycles. The molecule has 0 bridgehead atoms. The van der Waals surface area contributed by atoms with Gasteiger partial charge in [0.1, 0.15) is 0 Å². The van der Waals surface area contributed by atoms with E-state index < -0.39 is 0 Å². The zero-order valence-corrected chi connectivity index (χ0v) is 16.7. The van der Waals surface area contributed by atoms with E-state index in [9.17, 15) is 4.79 Å². The number of halogens is 1. The molecule has 2 aromatic heterocycles. The molecule has 1 amide bonds. The Bertz CT molecular complexity index is 942. The van der Waals surface area contributed by atoms with Crippen LogP contribution in [0, 0.1) is 0 Å². The van der Waals surface area contributed by atoms with Gasteiger partial charge in [-0.3, -0.25) is 9.78 Å². The van der Waals surface area contributed by atoms with E-state index in [1.807, 2.05) is 53.4 Å². The molecule has 3 aromatic rings. The lowest BCUT2D eigenvalue weighted by atomic mass is 10.2. The number of aromatic nitrogens is 3. The molecule has 1 N–H and O–H groups in total. The van der Waals surface area contributed by atoms with Crippen molar-refractivity contribution in [3.05, 3.63) is 71.0 Å². The van der Waals surface area contributed by atoms with Gasteiger partial charge in [0.15, 0.2) is 11.6 Å². The first-order chi connectivity index (χ1) is 13.7. The number of carbonyl (C=O) groups is 1. The van der Waals surface area contributed by atoms with Crippen LogP contribution in [0.5, 0.6) is 0 Å². The Labute approximate surface area is 171 Å². The van der Waals surface area contributed by atoms with E-state index in [1.54, 1.807) is 12.4 Å². The van der Waals surface area contributed by atoms with E-state index in [-0.39, 0.29) is 5.91 Å². The van der Waals surface area contributed by atoms with Crippen molar-refractivity contribution >= 4 is 39.2 Å². The minimum atomic E-state index is 0.0502. The Kier molecular flexibility index (Phi) is 5.48. The van der Waals surface area contributed by atoms with Crippen LogP contribution in [0.1, 0.15) is 10.4 Å². The maximum Gasteiger partial charge on any atom is 0.255 e. The van der Waals surface area contributed by atoms with Crippen LogP contribution in [0.4, 0.5) is 17.3 Å². The lowest BCUT2D eigenvalue weighted by Crippen LogP contribution is -2.49. The number of benzene rings is 1. The molecule has 0 unspecified atom stereocenters. The fraction of sp³-hybridized carbons (Fsp3) is 0.200. The number of carbonyl (C=O) groups excluding carboxylic acids is 1. The Morgan fingerprint density at radius 2 is 1.79 bits per heavy atom. The van der Waals surface area contributed by atoms with Gasteiger partial charge < -0.3 is 15.1 Å². The van der Waals surface area contributed by atoms with Crippen LogP contribution in [-0.2, 0) is 0 Å². The molecular formula is C20H19BrN6O. The first kappa shape index (κ1) is 18.4. The van der Waals surface area contributed by atoms with Crippen molar-refractivity contribution < 1.29 is 4.79 Å². The molecule has 0 aliphatic carbocycles. The summed E-state index contributed by atoms with van der Waals surface area (Å²) >= 11 is 3.46. The Balaban J connectivity index is 1.36. The quantitative estimate of drug-likeness (QED) is 0.673. The van der Waals surface area contributed by atoms with Gasteiger partial charge in [-0.1, -0.05) is 12.1 Å². The number of nitrogens with one attached hydrogen (secondary N) is 1. The summed E-state index contributed by atoms with van der Waals surface area (Å²) in [6.07, 6.45) is 3.46. The molecule has 3 heterocycles. The SMILES string of the molecule is O=C(c1ccccc1Br)N1CCN(c2ccc(Nc3cccnc3)nn2)CC1. The van der Waals surface area contributed by atoms with Crippen molar-refractivity contribution in [3.63, 3.8) is 0 Å². The van der Waals surface area contributed by atoms with Crippen LogP contribution >= 0.6 is 15.9 Å². The van der Waals surface area contributed by atoms with E-state index >= 15 is 0 Å². The predicted octanol–water partition coefficient (Wildman–Crippen LogP) is 3.34. The number of piperazine rings is 1. The summed E-state index contributed by atoms with van der Waals surface area (Å²) in [7, 11) is 0. The Morgan fingerprint density at radius 1 is 0.964 bits per heavy atom. The predicted molar refractivity (Wildman–Crippen MR) is 112 cm³/mol. The fourth-order valence-electron chi connectivity index (χ4n) is 3.09. The highest BCUT2D eigenvalue weighted by atomic mass is 79.9. The van der Waals surface area contributed by atoms with Gasteiger partial charge in [0.25, 0.3) is 5.91 Å². The third-order valence-corrected chi connectivity index (χ3v) is 5.27. The largest absolute Gasteiger partial charge is 0.352 e. The fourth-order valence-corrected chi connectivity index (χ4v) is 3.54. The standard InChI is InChI=1S/C20H19BrN6O/c21-17-6-2-1-5-16(17)20(28)27-12-10-26(11-13-27)19-8-7-18(24-25-19)23-15-4-3-9-22-14-15/h1-9,14H,10-13H2,(H,23,24). The first-order valence-electron chi connectivity index (χ1n) is 9.00. The number of hydrogen-bond donors (Lipinski definition) is 1. The molecule has 1 aliphatic heterocycles. The van der Waals surface area contributed by atoms with Gasteiger partial charge in [-0.25, -0.2) is 0 Å². The monoisotopic (exact) mass is 438 g/mol. The number of pyridine rings is 1. The van der Waals surface area contributed by atoms with Gasteiger partial charge in [-0.15, -0.1) is 10.2 Å². The van der Waals surface area contributed by atoms with Gasteiger partial charge >= 0.3 is 0 Å². The molecule has 7 nitrogen and oxygen atoms in total. The second kappa shape index (κ2) is 8.35. The van der Waals surface area contributed by atoms with Crippen molar-refractivity contribution in [1.82, 2.24) is 20.1 Å². The zero-order chi connectivity index (χ0) is 19.3. The van der Waals surface area contributed by atoms with E-state index in [0.717, 1.165) is 29.1 Å². The van der Waals surface area contributed by atoms with Crippen LogP contribution in [0.2, 0.25) is 0 Å². The van der Waals surface area contributed by atoms with Gasteiger partial charge in [0.05, 0.1) is 17.4 Å². The molecule has 1 aromatic carbocycles. The summed E-state index contributed by atoms with van der Waals surface area (Å²) in [6, 6.07) is 15.1. The molecule has 0 radical (unpaired) electrons. The highest BCUT2D eigenvalue weighted by Gasteiger charge is 2.24. The number of hydrogen-bond acceptors (Lipinski definition) is 6. The van der Waals surface area contributed by atoms with E-state index in [1.165, 1.54) is 0 Å². The number of amides is 1. The summed E-state index contributed by atoms with van der Waals surface area (Å²) in [5.74, 6) is 1.53. The average Bonchev–Trinajstić information content (AvgIpc) is 2.75. The zero-order valence-electron chi connectivity index (χ0n) is 15.1. The lowest BCUT2D eigenvalue weighted by Gasteiger charge is -2.35. The van der Waals surface area contributed by atoms with Gasteiger partial charge in [0, 0.05) is 36.8 Å². The molecule has 0 spiro atoms. The highest BCUT2D eigenvalue weighted by Crippen LogP contribution is 2.20. The topological polar surface area (TPSA) is 74.2 Å². The van der Waals surface area contributed by atoms with E-state index in [0.29, 0.717) is 24.5 Å². The van der Waals surface area contributed by atoms with Gasteiger partial charge in [0.2, 0.25) is 0 Å². The molecule has 142 valence electrons. The van der Waals surface area contributed by atoms with E-state index in [4.69, 9.17) is 0 Å². The minimum absolute atomic E-state index is 0.0502. The third kappa shape index (κ3) is 4.12. The smallest absolute Gasteiger partial charge is 0.255 e. The number of nitrogens with zero attached hydrogens (tertiary/aromatic N) is 5. The van der Waals surface area contributed by atoms with Crippen molar-refractivity contribution in [2.75, 3.05) is 36.4 Å². The van der Waals surface area contributed by atoms with Crippen molar-refractivity contribution in [2.24, 2.45) is 0 Å². The summed E-state index contributed by atoms with van der Waals surface area (Å²) in [5, 5.41) is 11.7. The van der Waals surface area contributed by atoms with Gasteiger partial charge in [-0.05, 0) is 52.3 Å². The molecule has 8 heteroatoms. The molecular weight excluding hydrogens is 420 g/mol. The summed E-state index contributed by atoms with van der Waals surface area (Å²) in [6.45, 7) is 2.75. The molecule has 1 aliphatic rings. The Morgan fingerprint density at radius 3 is 2.46 bits per heavy atom. The number of anilines is 3. The maximum absolute atomic E-state index is 12.7. The van der Waals surface area contributed by atoms with Crippen LogP contribution < -0.4 is 10.2 Å². The minimum Gasteiger partial charge on any atom is -0.352 e. The molecule has 4 rings (SSSR count). The first-order valence-corrected chi connectivity index (χ1v) is 9.79. The van der Waals surface area contributed by atoms with Gasteiger partial charge in [-0.2, -0.15) is 0 Å². The molecule has 0 atom stereocenters. The summed E-state index contributed by atoms with van der Waals surface area (Å²) in [4.78, 5) is 20.8. The molecule has 1 saturated heterocycles. The van der Waals surface area contributed by atoms with Crippen molar-refractivity contribution in [3.8, 4) is 0 Å². The second-order valence-corrected chi connectivity index (χ2v) is 7.26. The number of rotatable bonds is 4. The molecule has 1 fully saturated rings. The summed E-state index contributed by atoms with van der Waals surface area (Å²) in [5.41, 5.74) is 1.56. The summed E-state index contributed by atoms with van der Waals surface area (Å²) < 4.78 is 0.824. The average molecular weight is 439 g/mol. The van der Waals surface area contributed by atoms with Crippen molar-refractivity contribution in [2.45, 2.75) is 0 Å². The third-order valence-electron chi connectivity index (χ3n) is 4.58. The lowest BCUT2D eigenvalue weighted by molar-refractivity contribution is 0.0745. The molecule has 28 heavy (non-hydrogen) atoms. The van der Waals surface area contributed by atoms with Crippen LogP contribution in [-0.4, -0.2) is 52.2 Å². The normalized spacial score (nSPS) is 14.0. The second-order valence-electron chi connectivity index (χ2n) is 6.40. The van der Waals surface area contributed by atoms with E-state index in [2.05, 4.69) is 41.3 Å². The highest BCUT2D eigenvalue weighted by molar-refractivity contribution is 9.10. The van der Waals surface area contributed by atoms with Crippen molar-refractivity contribution in [1.29, 1.82) is 0 Å². The van der Waals surface area contributed by atoms with Crippen LogP contribution in [0.15, 0.2) is 65.4 Å². The van der Waals surface area contributed by atoms with Crippen LogP contribution in [0.3, 0.4) is 0 Å². The van der Waals surface area contributed by atoms with Crippen LogP contribution in [0.25, 0.3) is 0 Å².